The molecule has 0 spiro atoms. The molecule has 1 aromatic rings. The first-order valence-corrected chi connectivity index (χ1v) is 5.46. The highest BCUT2D eigenvalue weighted by Gasteiger charge is 2.16. The molecule has 0 radical (unpaired) electrons. The lowest BCUT2D eigenvalue weighted by Crippen LogP contribution is -2.37. The van der Waals surface area contributed by atoms with E-state index in [0.29, 0.717) is 11.6 Å². The van der Waals surface area contributed by atoms with Gasteiger partial charge in [0.05, 0.1) is 0 Å². The number of rotatable bonds is 3. The Morgan fingerprint density at radius 2 is 2.11 bits per heavy atom. The van der Waals surface area contributed by atoms with Crippen LogP contribution in [0.4, 0.5) is 10.6 Å². The fourth-order valence-electron chi connectivity index (χ4n) is 1.08. The van der Waals surface area contributed by atoms with Crippen LogP contribution in [0.25, 0.3) is 0 Å². The molecular formula is C11H17N3O4. The molecule has 1 rings (SSSR count). The molecule has 2 amide bonds. The van der Waals surface area contributed by atoms with Gasteiger partial charge in [0, 0.05) is 6.07 Å². The van der Waals surface area contributed by atoms with Crippen molar-refractivity contribution in [3.63, 3.8) is 0 Å². The lowest BCUT2D eigenvalue weighted by Gasteiger charge is -2.19. The second-order valence-electron chi connectivity index (χ2n) is 4.73. The molecular weight excluding hydrogens is 238 g/mol. The molecule has 7 heteroatoms. The van der Waals surface area contributed by atoms with Crippen molar-refractivity contribution in [2.45, 2.75) is 33.3 Å². The Hall–Kier alpha value is -2.05. The summed E-state index contributed by atoms with van der Waals surface area (Å²) >= 11 is 0. The first-order chi connectivity index (χ1) is 8.26. The van der Waals surface area contributed by atoms with Crippen molar-refractivity contribution in [1.82, 2.24) is 10.5 Å². The van der Waals surface area contributed by atoms with Crippen molar-refractivity contribution in [1.29, 1.82) is 0 Å². The van der Waals surface area contributed by atoms with E-state index in [2.05, 4.69) is 15.8 Å². The summed E-state index contributed by atoms with van der Waals surface area (Å²) in [6.07, 6.45) is -0.644. The average Bonchev–Trinajstić information content (AvgIpc) is 2.58. The maximum absolute atomic E-state index is 11.4. The van der Waals surface area contributed by atoms with Gasteiger partial charge >= 0.3 is 6.09 Å². The molecule has 0 saturated carbocycles. The van der Waals surface area contributed by atoms with E-state index in [0.717, 1.165) is 0 Å². The first kappa shape index (κ1) is 14.0. The highest BCUT2D eigenvalue weighted by Crippen LogP contribution is 2.07. The number of nitrogens with one attached hydrogen (secondary N) is 2. The Morgan fingerprint density at radius 1 is 1.44 bits per heavy atom. The van der Waals surface area contributed by atoms with Gasteiger partial charge in [-0.3, -0.25) is 4.79 Å². The zero-order valence-electron chi connectivity index (χ0n) is 10.9. The van der Waals surface area contributed by atoms with Crippen LogP contribution in [-0.2, 0) is 9.53 Å². The minimum Gasteiger partial charge on any atom is -0.444 e. The van der Waals surface area contributed by atoms with Gasteiger partial charge in [-0.1, -0.05) is 5.16 Å². The van der Waals surface area contributed by atoms with Crippen LogP contribution >= 0.6 is 0 Å². The van der Waals surface area contributed by atoms with Crippen LogP contribution in [0, 0.1) is 6.92 Å². The molecule has 0 saturated heterocycles. The van der Waals surface area contributed by atoms with Gasteiger partial charge in [0.2, 0.25) is 5.91 Å². The topological polar surface area (TPSA) is 93.5 Å². The normalized spacial score (nSPS) is 10.9. The predicted octanol–water partition coefficient (Wildman–Crippen LogP) is 1.45. The Labute approximate surface area is 105 Å². The number of hydrogen-bond acceptors (Lipinski definition) is 5. The van der Waals surface area contributed by atoms with E-state index in [1.165, 1.54) is 0 Å². The summed E-state index contributed by atoms with van der Waals surface area (Å²) in [5.74, 6) is 0.489. The monoisotopic (exact) mass is 255 g/mol. The van der Waals surface area contributed by atoms with E-state index >= 15 is 0 Å². The Kier molecular flexibility index (Phi) is 4.30. The first-order valence-electron chi connectivity index (χ1n) is 5.46. The summed E-state index contributed by atoms with van der Waals surface area (Å²) in [6.45, 7) is 6.74. The number of amides is 2. The Balaban J connectivity index is 2.31. The van der Waals surface area contributed by atoms with E-state index in [4.69, 9.17) is 9.26 Å². The molecule has 0 aliphatic carbocycles. The maximum Gasteiger partial charge on any atom is 0.408 e. The molecule has 0 aliphatic heterocycles. The van der Waals surface area contributed by atoms with Gasteiger partial charge in [-0.05, 0) is 27.7 Å². The number of carbonyl (C=O) groups excluding carboxylic acids is 2. The van der Waals surface area contributed by atoms with Crippen LogP contribution in [0.3, 0.4) is 0 Å². The number of nitrogens with zero attached hydrogens (tertiary/aromatic N) is 1. The molecule has 0 fully saturated rings. The van der Waals surface area contributed by atoms with Gasteiger partial charge in [-0.15, -0.1) is 0 Å². The van der Waals surface area contributed by atoms with Gasteiger partial charge in [-0.25, -0.2) is 4.79 Å². The summed E-state index contributed by atoms with van der Waals surface area (Å²) in [5, 5.41) is 8.39. The van der Waals surface area contributed by atoms with E-state index in [1.54, 1.807) is 33.8 Å². The van der Waals surface area contributed by atoms with E-state index < -0.39 is 17.6 Å². The lowest BCUT2D eigenvalue weighted by molar-refractivity contribution is -0.115. The summed E-state index contributed by atoms with van der Waals surface area (Å²) in [5.41, 5.74) is -0.593. The molecule has 0 unspecified atom stereocenters. The van der Waals surface area contributed by atoms with Crippen molar-refractivity contribution >= 4 is 17.8 Å². The summed E-state index contributed by atoms with van der Waals surface area (Å²) in [4.78, 5) is 22.7. The third kappa shape index (κ3) is 5.33. The van der Waals surface area contributed by atoms with Crippen LogP contribution in [0.2, 0.25) is 0 Å². The second-order valence-corrected chi connectivity index (χ2v) is 4.73. The molecule has 0 aromatic carbocycles. The molecule has 1 aromatic heterocycles. The molecule has 100 valence electrons. The number of aromatic nitrogens is 1. The molecule has 0 atom stereocenters. The van der Waals surface area contributed by atoms with Crippen molar-refractivity contribution in [3.05, 3.63) is 11.8 Å². The van der Waals surface area contributed by atoms with Crippen molar-refractivity contribution in [3.8, 4) is 0 Å². The summed E-state index contributed by atoms with van der Waals surface area (Å²) < 4.78 is 9.76. The predicted molar refractivity (Wildman–Crippen MR) is 64.1 cm³/mol. The van der Waals surface area contributed by atoms with Gasteiger partial charge < -0.3 is 19.9 Å². The summed E-state index contributed by atoms with van der Waals surface area (Å²) in [7, 11) is 0. The van der Waals surface area contributed by atoms with E-state index in [9.17, 15) is 9.59 Å². The van der Waals surface area contributed by atoms with Crippen LogP contribution in [-0.4, -0.2) is 29.3 Å². The van der Waals surface area contributed by atoms with Crippen molar-refractivity contribution in [2.75, 3.05) is 11.9 Å². The Bertz CT molecular complexity index is 434. The van der Waals surface area contributed by atoms with Crippen LogP contribution < -0.4 is 10.6 Å². The zero-order valence-corrected chi connectivity index (χ0v) is 10.9. The fourth-order valence-corrected chi connectivity index (χ4v) is 1.08. The van der Waals surface area contributed by atoms with Crippen LogP contribution in [0.15, 0.2) is 10.6 Å². The van der Waals surface area contributed by atoms with Gasteiger partial charge in [0.15, 0.2) is 5.82 Å². The average molecular weight is 255 g/mol. The maximum atomic E-state index is 11.4. The van der Waals surface area contributed by atoms with Gasteiger partial charge in [0.1, 0.15) is 17.9 Å². The number of carbonyl (C=O) groups is 2. The van der Waals surface area contributed by atoms with E-state index in [1.807, 2.05) is 0 Å². The Morgan fingerprint density at radius 3 is 2.61 bits per heavy atom. The van der Waals surface area contributed by atoms with Gasteiger partial charge in [-0.2, -0.15) is 0 Å². The smallest absolute Gasteiger partial charge is 0.408 e. The zero-order chi connectivity index (χ0) is 13.8. The molecule has 7 nitrogen and oxygen atoms in total. The second kappa shape index (κ2) is 5.52. The summed E-state index contributed by atoms with van der Waals surface area (Å²) in [6, 6.07) is 1.57. The van der Waals surface area contributed by atoms with Crippen LogP contribution in [0.5, 0.6) is 0 Å². The van der Waals surface area contributed by atoms with Crippen molar-refractivity contribution < 1.29 is 18.8 Å². The van der Waals surface area contributed by atoms with E-state index in [-0.39, 0.29) is 6.54 Å². The molecule has 2 N–H and O–H groups in total. The molecule has 18 heavy (non-hydrogen) atoms. The fraction of sp³-hybridized carbons (Fsp3) is 0.545. The van der Waals surface area contributed by atoms with Crippen LogP contribution in [0.1, 0.15) is 26.5 Å². The lowest BCUT2D eigenvalue weighted by atomic mass is 10.2. The number of ether oxygens (including phenoxy) is 1. The highest BCUT2D eigenvalue weighted by atomic mass is 16.6. The third-order valence-corrected chi connectivity index (χ3v) is 1.69. The minimum absolute atomic E-state index is 0.194. The number of alkyl carbamates (subject to hydrolysis) is 1. The van der Waals surface area contributed by atoms with Crippen molar-refractivity contribution in [2.24, 2.45) is 0 Å². The highest BCUT2D eigenvalue weighted by molar-refractivity contribution is 5.93. The quantitative estimate of drug-likeness (QED) is 0.852. The number of hydrogen-bond donors (Lipinski definition) is 2. The van der Waals surface area contributed by atoms with Gasteiger partial charge in [0.25, 0.3) is 0 Å². The molecule has 1 heterocycles. The minimum atomic E-state index is -0.644. The molecule has 0 bridgehead atoms. The number of aryl methyl sites for hydroxylation is 1. The largest absolute Gasteiger partial charge is 0.444 e. The standard InChI is InChI=1S/C11H17N3O4/c1-7-5-8(14-18-7)13-9(15)6-12-10(16)17-11(2,3)4/h5H,6H2,1-4H3,(H,12,16)(H,13,14,15). The molecule has 0 aliphatic rings. The SMILES string of the molecule is Cc1cc(NC(=O)CNC(=O)OC(C)(C)C)no1. The third-order valence-electron chi connectivity index (χ3n) is 1.69. The number of anilines is 1.